The number of rotatable bonds is 14. The van der Waals surface area contributed by atoms with Crippen LogP contribution >= 0.6 is 0 Å². The number of hydrogen-bond donors (Lipinski definition) is 2. The molecule has 4 aromatic carbocycles. The minimum Gasteiger partial charge on any atom is -0.506 e. The predicted octanol–water partition coefficient (Wildman–Crippen LogP) is 9.42. The first-order chi connectivity index (χ1) is 21.0. The van der Waals surface area contributed by atoms with Crippen molar-refractivity contribution >= 4 is 22.4 Å². The lowest BCUT2D eigenvalue weighted by Gasteiger charge is -2.30. The van der Waals surface area contributed by atoms with Gasteiger partial charge in [-0.25, -0.2) is 0 Å². The summed E-state index contributed by atoms with van der Waals surface area (Å²) < 4.78 is 17.5. The second kappa shape index (κ2) is 14.1. The van der Waals surface area contributed by atoms with Gasteiger partial charge in [0.1, 0.15) is 23.0 Å². The van der Waals surface area contributed by atoms with Crippen LogP contribution in [0.15, 0.2) is 72.8 Å². The molecule has 6 nitrogen and oxygen atoms in total. The first-order valence-electron chi connectivity index (χ1n) is 15.6. The van der Waals surface area contributed by atoms with Crippen molar-refractivity contribution < 1.29 is 24.1 Å². The highest BCUT2D eigenvalue weighted by Gasteiger charge is 2.26. The molecule has 1 amide bonds. The molecule has 0 aliphatic rings. The molecule has 0 saturated heterocycles. The Morgan fingerprint density at radius 3 is 2.09 bits per heavy atom. The van der Waals surface area contributed by atoms with Gasteiger partial charge in [-0.15, -0.1) is 0 Å². The maximum absolute atomic E-state index is 12.8. The molecular formula is C38H47NO5. The van der Waals surface area contributed by atoms with Crippen molar-refractivity contribution in [1.82, 2.24) is 0 Å². The largest absolute Gasteiger partial charge is 0.506 e. The van der Waals surface area contributed by atoms with Gasteiger partial charge in [0.2, 0.25) is 0 Å². The summed E-state index contributed by atoms with van der Waals surface area (Å²) in [6.07, 6.45) is 3.84. The Kier molecular flexibility index (Phi) is 10.5. The summed E-state index contributed by atoms with van der Waals surface area (Å²) in [4.78, 5) is 12.8. The molecule has 0 saturated carbocycles. The summed E-state index contributed by atoms with van der Waals surface area (Å²) in [7, 11) is 1.59. The van der Waals surface area contributed by atoms with Gasteiger partial charge in [-0.2, -0.15) is 0 Å². The molecule has 0 fully saturated rings. The summed E-state index contributed by atoms with van der Waals surface area (Å²) in [5, 5.41) is 15.1. The van der Waals surface area contributed by atoms with Crippen molar-refractivity contribution in [2.45, 2.75) is 78.1 Å². The van der Waals surface area contributed by atoms with E-state index >= 15 is 0 Å². The van der Waals surface area contributed by atoms with Gasteiger partial charge in [-0.05, 0) is 102 Å². The highest BCUT2D eigenvalue weighted by molar-refractivity contribution is 6.10. The number of nitrogens with one attached hydrogen (secondary N) is 1. The second-order valence-corrected chi connectivity index (χ2v) is 12.6. The number of carbonyl (C=O) groups is 1. The third kappa shape index (κ3) is 7.65. The fourth-order valence-electron chi connectivity index (χ4n) is 5.01. The zero-order valence-corrected chi connectivity index (χ0v) is 27.3. The smallest absolute Gasteiger partial charge is 0.259 e. The molecule has 0 unspecified atom stereocenters. The molecule has 6 heteroatoms. The van der Waals surface area contributed by atoms with Crippen LogP contribution in [0.25, 0.3) is 10.8 Å². The molecule has 0 radical (unpaired) electrons. The van der Waals surface area contributed by atoms with Crippen LogP contribution in [0, 0.1) is 0 Å². The number of ether oxygens (including phenoxy) is 3. The van der Waals surface area contributed by atoms with Crippen LogP contribution in [0.5, 0.6) is 23.0 Å². The average molecular weight is 598 g/mol. The van der Waals surface area contributed by atoms with E-state index in [9.17, 15) is 9.90 Å². The van der Waals surface area contributed by atoms with E-state index in [1.54, 1.807) is 43.5 Å². The Morgan fingerprint density at radius 1 is 0.773 bits per heavy atom. The molecule has 4 aromatic rings. The lowest BCUT2D eigenvalue weighted by Crippen LogP contribution is -2.21. The third-order valence-corrected chi connectivity index (χ3v) is 8.88. The normalized spacial score (nSPS) is 11.8. The van der Waals surface area contributed by atoms with E-state index in [1.807, 2.05) is 18.2 Å². The van der Waals surface area contributed by atoms with E-state index in [0.29, 0.717) is 30.0 Å². The van der Waals surface area contributed by atoms with E-state index in [-0.39, 0.29) is 28.1 Å². The molecule has 0 spiro atoms. The van der Waals surface area contributed by atoms with Gasteiger partial charge in [0.15, 0.2) is 0 Å². The van der Waals surface area contributed by atoms with Crippen LogP contribution in [-0.4, -0.2) is 31.3 Å². The van der Waals surface area contributed by atoms with Crippen LogP contribution < -0.4 is 19.5 Å². The first kappa shape index (κ1) is 32.7. The number of carbonyl (C=O) groups excluding carboxylic acids is 1. The number of unbranched alkanes of at least 4 members (excludes halogenated alkanes) is 1. The first-order valence-corrected chi connectivity index (χ1v) is 15.6. The molecule has 4 rings (SSSR count). The molecule has 0 aliphatic heterocycles. The van der Waals surface area contributed by atoms with Crippen molar-refractivity contribution in [3.05, 3.63) is 89.5 Å². The standard InChI is InChI=1S/C38H47NO5/c1-8-37(3,4)27-13-21-34(33(25-27)38(5,6)9-2)44-23-11-10-22-43-30-18-20-31-26(24-30)12-19-32(35(31)40)36(41)39-28-14-16-29(42-7)17-15-28/h12-21,24-25,40H,8-11,22-23H2,1-7H3,(H,39,41). The number of hydrogen-bond acceptors (Lipinski definition) is 5. The Bertz CT molecular complexity index is 1570. The van der Waals surface area contributed by atoms with Crippen LogP contribution in [-0.2, 0) is 10.8 Å². The van der Waals surface area contributed by atoms with Gasteiger partial charge in [0.05, 0.1) is 25.9 Å². The average Bonchev–Trinajstić information content (AvgIpc) is 3.03. The van der Waals surface area contributed by atoms with Crippen molar-refractivity contribution in [3.63, 3.8) is 0 Å². The van der Waals surface area contributed by atoms with Crippen molar-refractivity contribution in [2.75, 3.05) is 25.6 Å². The van der Waals surface area contributed by atoms with Crippen LogP contribution in [0.2, 0.25) is 0 Å². The molecular weight excluding hydrogens is 550 g/mol. The van der Waals surface area contributed by atoms with Crippen molar-refractivity contribution in [3.8, 4) is 23.0 Å². The number of phenolic OH excluding ortho intramolecular Hbond substituents is 1. The predicted molar refractivity (Wildman–Crippen MR) is 180 cm³/mol. The zero-order chi connectivity index (χ0) is 31.9. The second-order valence-electron chi connectivity index (χ2n) is 12.6. The minimum absolute atomic E-state index is 0.0316. The minimum atomic E-state index is -0.386. The monoisotopic (exact) mass is 597 g/mol. The van der Waals surface area contributed by atoms with Gasteiger partial charge in [0.25, 0.3) is 5.91 Å². The van der Waals surface area contributed by atoms with Crippen molar-refractivity contribution in [1.29, 1.82) is 0 Å². The molecule has 234 valence electrons. The van der Waals surface area contributed by atoms with Crippen LogP contribution in [0.4, 0.5) is 5.69 Å². The zero-order valence-electron chi connectivity index (χ0n) is 27.3. The number of benzene rings is 4. The Morgan fingerprint density at radius 2 is 1.43 bits per heavy atom. The van der Waals surface area contributed by atoms with Gasteiger partial charge in [-0.3, -0.25) is 4.79 Å². The van der Waals surface area contributed by atoms with Gasteiger partial charge in [0, 0.05) is 16.6 Å². The highest BCUT2D eigenvalue weighted by atomic mass is 16.5. The van der Waals surface area contributed by atoms with E-state index in [1.165, 1.54) is 11.1 Å². The highest BCUT2D eigenvalue weighted by Crippen LogP contribution is 2.38. The Balaban J connectivity index is 1.32. The quantitative estimate of drug-likeness (QED) is 0.142. The number of fused-ring (bicyclic) bond motifs is 1. The maximum atomic E-state index is 12.8. The van der Waals surface area contributed by atoms with E-state index in [0.717, 1.165) is 42.6 Å². The molecule has 0 aromatic heterocycles. The molecule has 0 aliphatic carbocycles. The summed E-state index contributed by atoms with van der Waals surface area (Å²) >= 11 is 0. The summed E-state index contributed by atoms with van der Waals surface area (Å²) in [6, 6.07) is 22.7. The lowest BCUT2D eigenvalue weighted by atomic mass is 9.76. The Hall–Kier alpha value is -4.19. The van der Waals surface area contributed by atoms with Gasteiger partial charge in [-0.1, -0.05) is 59.7 Å². The van der Waals surface area contributed by atoms with Gasteiger partial charge >= 0.3 is 0 Å². The van der Waals surface area contributed by atoms with Crippen LogP contribution in [0.1, 0.15) is 88.7 Å². The number of amides is 1. The molecule has 44 heavy (non-hydrogen) atoms. The van der Waals surface area contributed by atoms with Crippen molar-refractivity contribution in [2.24, 2.45) is 0 Å². The van der Waals surface area contributed by atoms with E-state index in [2.05, 4.69) is 65.1 Å². The SMILES string of the molecule is CCC(C)(C)c1ccc(OCCCCOc2ccc3c(O)c(C(=O)Nc4ccc(OC)cc4)ccc3c2)c(C(C)(C)CC)c1. The summed E-state index contributed by atoms with van der Waals surface area (Å²) in [6.45, 7) is 14.8. The Labute approximate surface area is 262 Å². The maximum Gasteiger partial charge on any atom is 0.259 e. The molecule has 0 heterocycles. The number of anilines is 1. The summed E-state index contributed by atoms with van der Waals surface area (Å²) in [5.74, 6) is 1.94. The van der Waals surface area contributed by atoms with E-state index < -0.39 is 0 Å². The fourth-order valence-corrected chi connectivity index (χ4v) is 5.01. The third-order valence-electron chi connectivity index (χ3n) is 8.88. The fraction of sp³-hybridized carbons (Fsp3) is 0.395. The lowest BCUT2D eigenvalue weighted by molar-refractivity contribution is 0.102. The number of phenols is 1. The molecule has 0 bridgehead atoms. The number of aromatic hydroxyl groups is 1. The molecule has 2 N–H and O–H groups in total. The van der Waals surface area contributed by atoms with E-state index in [4.69, 9.17) is 14.2 Å². The van der Waals surface area contributed by atoms with Gasteiger partial charge < -0.3 is 24.6 Å². The summed E-state index contributed by atoms with van der Waals surface area (Å²) in [5.41, 5.74) is 3.61. The topological polar surface area (TPSA) is 77.0 Å². The molecule has 0 atom stereocenters. The number of methoxy groups -OCH3 is 1. The van der Waals surface area contributed by atoms with Crippen LogP contribution in [0.3, 0.4) is 0 Å².